The van der Waals surface area contributed by atoms with Gasteiger partial charge in [-0.3, -0.25) is 0 Å². The number of benzene rings is 2. The van der Waals surface area contributed by atoms with Crippen LogP contribution in [0.4, 0.5) is 0 Å². The highest BCUT2D eigenvalue weighted by atomic mass is 35.5. The van der Waals surface area contributed by atoms with Crippen LogP contribution >= 0.6 is 11.6 Å². The first-order chi connectivity index (χ1) is 12.3. The van der Waals surface area contributed by atoms with Gasteiger partial charge in [-0.2, -0.15) is 0 Å². The highest BCUT2D eigenvalue weighted by Crippen LogP contribution is 2.55. The lowest BCUT2D eigenvalue weighted by atomic mass is 10.0. The molecule has 0 heterocycles. The van der Waals surface area contributed by atoms with Crippen molar-refractivity contribution >= 4 is 21.4 Å². The molecule has 0 unspecified atom stereocenters. The summed E-state index contributed by atoms with van der Waals surface area (Å²) < 4.78 is 32.0. The molecular weight excluding hydrogens is 370 g/mol. The van der Waals surface area contributed by atoms with E-state index in [0.29, 0.717) is 11.6 Å². The molecule has 140 valence electrons. The summed E-state index contributed by atoms with van der Waals surface area (Å²) in [6, 6.07) is 14.3. The summed E-state index contributed by atoms with van der Waals surface area (Å²) in [5.74, 6) is -0.291. The summed E-state index contributed by atoms with van der Waals surface area (Å²) in [5, 5.41) is -0.213. The minimum Gasteiger partial charge on any atom is -0.380 e. The van der Waals surface area contributed by atoms with E-state index in [4.69, 9.17) is 22.1 Å². The van der Waals surface area contributed by atoms with Crippen LogP contribution in [-0.4, -0.2) is 32.4 Å². The monoisotopic (exact) mass is 393 g/mol. The zero-order valence-corrected chi connectivity index (χ0v) is 16.6. The molecule has 3 atom stereocenters. The van der Waals surface area contributed by atoms with Crippen LogP contribution in [0.3, 0.4) is 0 Å². The second-order valence-corrected chi connectivity index (χ2v) is 9.25. The van der Waals surface area contributed by atoms with Gasteiger partial charge >= 0.3 is 0 Å². The van der Waals surface area contributed by atoms with Gasteiger partial charge in [0, 0.05) is 17.5 Å². The van der Waals surface area contributed by atoms with Crippen LogP contribution in [0.15, 0.2) is 53.4 Å². The van der Waals surface area contributed by atoms with E-state index in [1.165, 1.54) is 17.7 Å². The summed E-state index contributed by atoms with van der Waals surface area (Å²) in [5.41, 5.74) is 7.76. The zero-order valence-electron chi connectivity index (χ0n) is 15.0. The SMILES string of the molecule is CCOC[C@@]1(N)[C@H](S(=O)(=O)c2ccc(Cl)cc2)[C@@H]1c1ccc(CC)cc1. The Morgan fingerprint density at radius 2 is 1.69 bits per heavy atom. The molecule has 6 heteroatoms. The molecule has 2 aromatic rings. The molecular formula is C20H24ClNO3S. The van der Waals surface area contributed by atoms with E-state index < -0.39 is 20.6 Å². The lowest BCUT2D eigenvalue weighted by molar-refractivity contribution is 0.125. The summed E-state index contributed by atoms with van der Waals surface area (Å²) in [4.78, 5) is 0.242. The van der Waals surface area contributed by atoms with Gasteiger partial charge in [-0.15, -0.1) is 0 Å². The van der Waals surface area contributed by atoms with Gasteiger partial charge in [0.2, 0.25) is 0 Å². The van der Waals surface area contributed by atoms with Crippen LogP contribution in [0.2, 0.25) is 5.02 Å². The molecule has 0 radical (unpaired) electrons. The van der Waals surface area contributed by atoms with Crippen LogP contribution in [0.5, 0.6) is 0 Å². The second kappa shape index (κ2) is 7.31. The quantitative estimate of drug-likeness (QED) is 0.780. The summed E-state index contributed by atoms with van der Waals surface area (Å²) >= 11 is 5.90. The average molecular weight is 394 g/mol. The Bertz CT molecular complexity index is 865. The topological polar surface area (TPSA) is 69.4 Å². The first-order valence-electron chi connectivity index (χ1n) is 8.79. The molecule has 1 aliphatic rings. The van der Waals surface area contributed by atoms with E-state index in [9.17, 15) is 8.42 Å². The van der Waals surface area contributed by atoms with Gasteiger partial charge in [-0.25, -0.2) is 8.42 Å². The number of halogens is 1. The highest BCUT2D eigenvalue weighted by Gasteiger charge is 2.69. The zero-order chi connectivity index (χ0) is 18.9. The van der Waals surface area contributed by atoms with Gasteiger partial charge < -0.3 is 10.5 Å². The minimum atomic E-state index is -3.60. The Morgan fingerprint density at radius 3 is 2.23 bits per heavy atom. The molecule has 3 rings (SSSR count). The molecule has 1 aliphatic carbocycles. The maximum absolute atomic E-state index is 13.2. The van der Waals surface area contributed by atoms with E-state index in [1.807, 2.05) is 31.2 Å². The van der Waals surface area contributed by atoms with Crippen molar-refractivity contribution in [2.75, 3.05) is 13.2 Å². The number of sulfone groups is 1. The molecule has 1 fully saturated rings. The molecule has 2 N–H and O–H groups in total. The van der Waals surface area contributed by atoms with Gasteiger partial charge in [0.05, 0.1) is 22.3 Å². The largest absolute Gasteiger partial charge is 0.380 e. The Kier molecular flexibility index (Phi) is 5.45. The number of hydrogen-bond acceptors (Lipinski definition) is 4. The van der Waals surface area contributed by atoms with E-state index in [0.717, 1.165) is 12.0 Å². The fourth-order valence-corrected chi connectivity index (χ4v) is 5.98. The highest BCUT2D eigenvalue weighted by molar-refractivity contribution is 7.92. The molecule has 26 heavy (non-hydrogen) atoms. The van der Waals surface area contributed by atoms with E-state index in [2.05, 4.69) is 6.92 Å². The minimum absolute atomic E-state index is 0.210. The van der Waals surface area contributed by atoms with Gasteiger partial charge in [-0.05, 0) is 48.7 Å². The molecule has 0 aliphatic heterocycles. The maximum atomic E-state index is 13.2. The van der Waals surface area contributed by atoms with Crippen molar-refractivity contribution < 1.29 is 13.2 Å². The maximum Gasteiger partial charge on any atom is 0.183 e. The third kappa shape index (κ3) is 3.41. The van der Waals surface area contributed by atoms with Crippen molar-refractivity contribution in [1.29, 1.82) is 0 Å². The lowest BCUT2D eigenvalue weighted by Gasteiger charge is -2.12. The molecule has 0 bridgehead atoms. The third-order valence-corrected chi connectivity index (χ3v) is 7.64. The third-order valence-electron chi connectivity index (χ3n) is 5.08. The van der Waals surface area contributed by atoms with E-state index >= 15 is 0 Å². The predicted octanol–water partition coefficient (Wildman–Crippen LogP) is 3.58. The summed E-state index contributed by atoms with van der Waals surface area (Å²) in [6.07, 6.45) is 0.935. The van der Waals surface area contributed by atoms with Crippen LogP contribution in [0.1, 0.15) is 30.9 Å². The van der Waals surface area contributed by atoms with Crippen molar-refractivity contribution in [2.24, 2.45) is 5.73 Å². The Labute approximate surface area is 160 Å². The van der Waals surface area contributed by atoms with Crippen molar-refractivity contribution in [3.05, 3.63) is 64.7 Å². The molecule has 2 aromatic carbocycles. The summed E-state index contributed by atoms with van der Waals surface area (Å²) in [6.45, 7) is 4.66. The number of nitrogens with two attached hydrogens (primary N) is 1. The average Bonchev–Trinajstić information content (AvgIpc) is 3.27. The van der Waals surface area contributed by atoms with Gasteiger partial charge in [0.15, 0.2) is 9.84 Å². The standard InChI is InChI=1S/C20H24ClNO3S/c1-3-14-5-7-15(8-6-14)18-19(20(18,22)13-25-4-2)26(23,24)17-11-9-16(21)10-12-17/h5-12,18-19H,3-4,13,22H2,1-2H3/t18-,19+,20-/m0/s1. The fraction of sp³-hybridized carbons (Fsp3) is 0.400. The lowest BCUT2D eigenvalue weighted by Crippen LogP contribution is -2.36. The second-order valence-electron chi connectivity index (χ2n) is 6.74. The molecule has 4 nitrogen and oxygen atoms in total. The normalized spacial score (nSPS) is 25.2. The van der Waals surface area contributed by atoms with E-state index in [1.54, 1.807) is 12.1 Å². The fourth-order valence-electron chi connectivity index (χ4n) is 3.56. The first-order valence-corrected chi connectivity index (χ1v) is 10.7. The number of hydrogen-bond donors (Lipinski definition) is 1. The van der Waals surface area contributed by atoms with Crippen LogP contribution in [-0.2, 0) is 21.0 Å². The van der Waals surface area contributed by atoms with Crippen molar-refractivity contribution in [3.63, 3.8) is 0 Å². The van der Waals surface area contributed by atoms with Crippen LogP contribution in [0.25, 0.3) is 0 Å². The number of aryl methyl sites for hydroxylation is 1. The van der Waals surface area contributed by atoms with Gasteiger partial charge in [0.25, 0.3) is 0 Å². The first kappa shape index (κ1) is 19.4. The van der Waals surface area contributed by atoms with Crippen LogP contribution < -0.4 is 5.73 Å². The van der Waals surface area contributed by atoms with Crippen molar-refractivity contribution in [2.45, 2.75) is 41.9 Å². The number of rotatable bonds is 7. The Hall–Kier alpha value is -1.40. The summed E-state index contributed by atoms with van der Waals surface area (Å²) in [7, 11) is -3.60. The molecule has 0 spiro atoms. The van der Waals surface area contributed by atoms with Crippen molar-refractivity contribution in [3.8, 4) is 0 Å². The molecule has 0 saturated heterocycles. The smallest absolute Gasteiger partial charge is 0.183 e. The van der Waals surface area contributed by atoms with Gasteiger partial charge in [-0.1, -0.05) is 42.8 Å². The molecule has 0 aromatic heterocycles. The Balaban J connectivity index is 1.97. The van der Waals surface area contributed by atoms with Crippen LogP contribution in [0, 0.1) is 0 Å². The molecule has 0 amide bonds. The van der Waals surface area contributed by atoms with Gasteiger partial charge in [0.1, 0.15) is 0 Å². The van der Waals surface area contributed by atoms with Crippen molar-refractivity contribution in [1.82, 2.24) is 0 Å². The predicted molar refractivity (Wildman–Crippen MR) is 104 cm³/mol. The molecule has 1 saturated carbocycles. The number of ether oxygens (including phenoxy) is 1. The Morgan fingerprint density at radius 1 is 1.08 bits per heavy atom. The van der Waals surface area contributed by atoms with E-state index in [-0.39, 0.29) is 17.4 Å².